The Hall–Kier alpha value is -3.00. The maximum absolute atomic E-state index is 12.9. The molecule has 0 aromatic heterocycles. The highest BCUT2D eigenvalue weighted by atomic mass is 19.3. The van der Waals surface area contributed by atoms with E-state index in [4.69, 9.17) is 4.74 Å². The second-order valence-electron chi connectivity index (χ2n) is 7.25. The van der Waals surface area contributed by atoms with Crippen LogP contribution in [0.25, 0.3) is 0 Å². The Morgan fingerprint density at radius 2 is 1.74 bits per heavy atom. The molecule has 1 saturated heterocycles. The molecule has 0 radical (unpaired) electrons. The number of para-hydroxylation sites is 1. The molecule has 1 heterocycles. The van der Waals surface area contributed by atoms with Gasteiger partial charge in [0.15, 0.2) is 5.78 Å². The van der Waals surface area contributed by atoms with Gasteiger partial charge in [-0.05, 0) is 44.2 Å². The number of carbonyl (C=O) groups is 2. The lowest BCUT2D eigenvalue weighted by molar-refractivity contribution is -0.0503. The van der Waals surface area contributed by atoms with Crippen LogP contribution in [0.3, 0.4) is 0 Å². The maximum Gasteiger partial charge on any atom is 0.387 e. The van der Waals surface area contributed by atoms with Gasteiger partial charge in [-0.3, -0.25) is 14.5 Å². The summed E-state index contributed by atoms with van der Waals surface area (Å²) in [4.78, 5) is 28.4. The summed E-state index contributed by atoms with van der Waals surface area (Å²) in [6, 6.07) is 11.5. The van der Waals surface area contributed by atoms with E-state index in [1.54, 1.807) is 23.1 Å². The fraction of sp³-hybridized carbons (Fsp3) is 0.391. The SMILES string of the molecule is CCOc1ccc(C(C)=O)cc1CN1CCN(C(=O)c2ccccc2OC(F)F)CC1. The quantitative estimate of drug-likeness (QED) is 0.593. The predicted octanol–water partition coefficient (Wildman–Crippen LogP) is 3.85. The molecule has 0 N–H and O–H groups in total. The van der Waals surface area contributed by atoms with Crippen molar-refractivity contribution in [3.63, 3.8) is 0 Å². The van der Waals surface area contributed by atoms with Crippen molar-refractivity contribution in [1.29, 1.82) is 0 Å². The Morgan fingerprint density at radius 3 is 2.39 bits per heavy atom. The van der Waals surface area contributed by atoms with E-state index in [0.29, 0.717) is 44.9 Å². The average molecular weight is 432 g/mol. The van der Waals surface area contributed by atoms with E-state index in [1.165, 1.54) is 19.1 Å². The van der Waals surface area contributed by atoms with Crippen molar-refractivity contribution in [1.82, 2.24) is 9.80 Å². The van der Waals surface area contributed by atoms with Crippen molar-refractivity contribution in [2.24, 2.45) is 0 Å². The lowest BCUT2D eigenvalue weighted by Gasteiger charge is -2.35. The monoisotopic (exact) mass is 432 g/mol. The molecule has 1 aliphatic rings. The van der Waals surface area contributed by atoms with Crippen LogP contribution in [0, 0.1) is 0 Å². The fourth-order valence-corrected chi connectivity index (χ4v) is 3.58. The molecule has 1 amide bonds. The highest BCUT2D eigenvalue weighted by Crippen LogP contribution is 2.25. The molecule has 1 fully saturated rings. The topological polar surface area (TPSA) is 59.1 Å². The van der Waals surface area contributed by atoms with Crippen molar-refractivity contribution in [2.45, 2.75) is 27.0 Å². The second kappa shape index (κ2) is 10.3. The summed E-state index contributed by atoms with van der Waals surface area (Å²) >= 11 is 0. The standard InChI is InChI=1S/C23H26F2N2O4/c1-3-30-20-9-8-17(16(2)28)14-18(20)15-26-10-12-27(13-11-26)22(29)19-6-4-5-7-21(19)31-23(24)25/h4-9,14,23H,3,10-13,15H2,1-2H3. The fourth-order valence-electron chi connectivity index (χ4n) is 3.58. The smallest absolute Gasteiger partial charge is 0.387 e. The van der Waals surface area contributed by atoms with Gasteiger partial charge in [-0.25, -0.2) is 0 Å². The third-order valence-corrected chi connectivity index (χ3v) is 5.15. The van der Waals surface area contributed by atoms with Crippen LogP contribution in [0.5, 0.6) is 11.5 Å². The Labute approximate surface area is 180 Å². The molecule has 2 aromatic rings. The first kappa shape index (κ1) is 22.7. The second-order valence-corrected chi connectivity index (χ2v) is 7.25. The molecule has 0 saturated carbocycles. The van der Waals surface area contributed by atoms with Crippen LogP contribution in [0.2, 0.25) is 0 Å². The number of ether oxygens (including phenoxy) is 2. The molecule has 31 heavy (non-hydrogen) atoms. The number of alkyl halides is 2. The van der Waals surface area contributed by atoms with Gasteiger partial charge in [0, 0.05) is 43.9 Å². The van der Waals surface area contributed by atoms with Gasteiger partial charge < -0.3 is 14.4 Å². The average Bonchev–Trinajstić information content (AvgIpc) is 2.75. The minimum absolute atomic E-state index is 0.00982. The first-order chi connectivity index (χ1) is 14.9. The van der Waals surface area contributed by atoms with Crippen LogP contribution < -0.4 is 9.47 Å². The van der Waals surface area contributed by atoms with Crippen molar-refractivity contribution in [3.05, 3.63) is 59.2 Å². The Bertz CT molecular complexity index is 928. The highest BCUT2D eigenvalue weighted by molar-refractivity contribution is 5.97. The Kier molecular flexibility index (Phi) is 7.57. The van der Waals surface area contributed by atoms with Crippen LogP contribution in [0.4, 0.5) is 8.78 Å². The van der Waals surface area contributed by atoms with Crippen LogP contribution in [0.15, 0.2) is 42.5 Å². The van der Waals surface area contributed by atoms with Crippen molar-refractivity contribution < 1.29 is 27.8 Å². The largest absolute Gasteiger partial charge is 0.494 e. The summed E-state index contributed by atoms with van der Waals surface area (Å²) in [5, 5.41) is 0. The molecule has 0 atom stereocenters. The lowest BCUT2D eigenvalue weighted by Crippen LogP contribution is -2.48. The van der Waals surface area contributed by atoms with Gasteiger partial charge in [-0.1, -0.05) is 12.1 Å². The van der Waals surface area contributed by atoms with Gasteiger partial charge in [0.2, 0.25) is 0 Å². The predicted molar refractivity (Wildman–Crippen MR) is 112 cm³/mol. The molecule has 8 heteroatoms. The summed E-state index contributed by atoms with van der Waals surface area (Å²) in [7, 11) is 0. The van der Waals surface area contributed by atoms with E-state index in [1.807, 2.05) is 19.1 Å². The Balaban J connectivity index is 1.66. The van der Waals surface area contributed by atoms with Crippen molar-refractivity contribution in [3.8, 4) is 11.5 Å². The van der Waals surface area contributed by atoms with Gasteiger partial charge in [0.1, 0.15) is 11.5 Å². The van der Waals surface area contributed by atoms with E-state index in [0.717, 1.165) is 11.3 Å². The number of amides is 1. The number of nitrogens with zero attached hydrogens (tertiary/aromatic N) is 2. The minimum atomic E-state index is -2.99. The molecule has 0 unspecified atom stereocenters. The number of Topliss-reactive ketones (excluding diaryl/α,β-unsaturated/α-hetero) is 1. The number of halogens is 2. The number of hydrogen-bond donors (Lipinski definition) is 0. The normalized spacial score (nSPS) is 14.5. The van der Waals surface area contributed by atoms with Crippen LogP contribution in [-0.4, -0.2) is 60.9 Å². The summed E-state index contributed by atoms with van der Waals surface area (Å²) in [6.07, 6.45) is 0. The first-order valence-electron chi connectivity index (χ1n) is 10.2. The van der Waals surface area contributed by atoms with E-state index in [9.17, 15) is 18.4 Å². The minimum Gasteiger partial charge on any atom is -0.494 e. The number of hydrogen-bond acceptors (Lipinski definition) is 5. The van der Waals surface area contributed by atoms with Crippen molar-refractivity contribution in [2.75, 3.05) is 32.8 Å². The number of rotatable bonds is 8. The zero-order valence-corrected chi connectivity index (χ0v) is 17.6. The van der Waals surface area contributed by atoms with E-state index in [2.05, 4.69) is 9.64 Å². The van der Waals surface area contributed by atoms with Gasteiger partial charge >= 0.3 is 6.61 Å². The van der Waals surface area contributed by atoms with Crippen molar-refractivity contribution >= 4 is 11.7 Å². The zero-order chi connectivity index (χ0) is 22.4. The summed E-state index contributed by atoms with van der Waals surface area (Å²) in [5.74, 6) is 0.283. The number of benzene rings is 2. The molecular weight excluding hydrogens is 406 g/mol. The molecule has 166 valence electrons. The van der Waals surface area contributed by atoms with E-state index < -0.39 is 6.61 Å². The first-order valence-corrected chi connectivity index (χ1v) is 10.2. The van der Waals surface area contributed by atoms with Crippen LogP contribution in [-0.2, 0) is 6.54 Å². The zero-order valence-electron chi connectivity index (χ0n) is 17.6. The molecule has 0 bridgehead atoms. The van der Waals surface area contributed by atoms with E-state index in [-0.39, 0.29) is 23.0 Å². The van der Waals surface area contributed by atoms with Crippen LogP contribution >= 0.6 is 0 Å². The number of ketones is 1. The Morgan fingerprint density at radius 1 is 1.03 bits per heavy atom. The number of piperazine rings is 1. The molecule has 3 rings (SSSR count). The molecule has 0 spiro atoms. The molecule has 2 aromatic carbocycles. The maximum atomic E-state index is 12.9. The summed E-state index contributed by atoms with van der Waals surface area (Å²) in [5.41, 5.74) is 1.68. The highest BCUT2D eigenvalue weighted by Gasteiger charge is 2.25. The molecule has 0 aliphatic carbocycles. The van der Waals surface area contributed by atoms with Gasteiger partial charge in [-0.15, -0.1) is 0 Å². The molecule has 1 aliphatic heterocycles. The third-order valence-electron chi connectivity index (χ3n) is 5.15. The van der Waals surface area contributed by atoms with Gasteiger partial charge in [0.25, 0.3) is 5.91 Å². The summed E-state index contributed by atoms with van der Waals surface area (Å²) in [6.45, 7) is 3.69. The third kappa shape index (κ3) is 5.79. The molecule has 6 nitrogen and oxygen atoms in total. The van der Waals surface area contributed by atoms with Crippen LogP contribution in [0.1, 0.15) is 40.1 Å². The van der Waals surface area contributed by atoms with Gasteiger partial charge in [0.05, 0.1) is 12.2 Å². The van der Waals surface area contributed by atoms with E-state index >= 15 is 0 Å². The summed E-state index contributed by atoms with van der Waals surface area (Å²) < 4.78 is 35.5. The number of carbonyl (C=O) groups excluding carboxylic acids is 2. The molecular formula is C23H26F2N2O4. The lowest BCUT2D eigenvalue weighted by atomic mass is 10.1. The van der Waals surface area contributed by atoms with Gasteiger partial charge in [-0.2, -0.15) is 8.78 Å².